The maximum atomic E-state index is 6.31. The summed E-state index contributed by atoms with van der Waals surface area (Å²) in [5, 5.41) is 4.61. The molecule has 1 N–H and O–H groups in total. The largest absolute Gasteiger partial charge is 0.314 e. The first-order chi connectivity index (χ1) is 9.44. The highest BCUT2D eigenvalue weighted by atomic mass is 35.5. The molecule has 1 saturated carbocycles. The van der Waals surface area contributed by atoms with Crippen molar-refractivity contribution in [3.63, 3.8) is 0 Å². The first-order valence-electron chi connectivity index (χ1n) is 7.91. The lowest BCUT2D eigenvalue weighted by molar-refractivity contribution is 0.313. The Balaban J connectivity index is 1.91. The summed E-state index contributed by atoms with van der Waals surface area (Å²) in [5.74, 6) is 0.690. The summed E-state index contributed by atoms with van der Waals surface area (Å²) in [7, 11) is 0. The highest BCUT2D eigenvalue weighted by molar-refractivity contribution is 6.31. The standard InChI is InChI=1S/C18H28ClN/c1-18(2,3)11-10-14(13-20-16-8-9-16)12-15-6-4-5-7-17(15)19/h4-7,14,16,20H,8-13H2,1-3H3. The molecular weight excluding hydrogens is 266 g/mol. The van der Waals surface area contributed by atoms with E-state index in [0.29, 0.717) is 11.3 Å². The van der Waals surface area contributed by atoms with Gasteiger partial charge in [0.1, 0.15) is 0 Å². The van der Waals surface area contributed by atoms with Crippen LogP contribution in [-0.4, -0.2) is 12.6 Å². The van der Waals surface area contributed by atoms with Gasteiger partial charge in [-0.1, -0.05) is 50.6 Å². The lowest BCUT2D eigenvalue weighted by Crippen LogP contribution is -2.27. The highest BCUT2D eigenvalue weighted by Crippen LogP contribution is 2.28. The fourth-order valence-electron chi connectivity index (χ4n) is 2.51. The van der Waals surface area contributed by atoms with Gasteiger partial charge in [0.05, 0.1) is 0 Å². The predicted molar refractivity (Wildman–Crippen MR) is 88.4 cm³/mol. The SMILES string of the molecule is CC(C)(C)CCC(CNC1CC1)Cc1ccccc1Cl. The minimum atomic E-state index is 0.415. The number of rotatable bonds is 7. The molecule has 0 aromatic heterocycles. The summed E-state index contributed by atoms with van der Waals surface area (Å²) in [4.78, 5) is 0. The minimum absolute atomic E-state index is 0.415. The number of benzene rings is 1. The van der Waals surface area contributed by atoms with E-state index in [1.54, 1.807) is 0 Å². The Morgan fingerprint density at radius 1 is 1.25 bits per heavy atom. The van der Waals surface area contributed by atoms with Crippen LogP contribution in [0, 0.1) is 11.3 Å². The van der Waals surface area contributed by atoms with Gasteiger partial charge in [0.25, 0.3) is 0 Å². The molecule has 0 bridgehead atoms. The lowest BCUT2D eigenvalue weighted by atomic mass is 9.84. The van der Waals surface area contributed by atoms with E-state index >= 15 is 0 Å². The number of nitrogens with one attached hydrogen (secondary N) is 1. The molecule has 1 atom stereocenters. The smallest absolute Gasteiger partial charge is 0.0438 e. The van der Waals surface area contributed by atoms with E-state index < -0.39 is 0 Å². The van der Waals surface area contributed by atoms with Crippen molar-refractivity contribution in [2.24, 2.45) is 11.3 Å². The second-order valence-electron chi connectivity index (χ2n) is 7.44. The highest BCUT2D eigenvalue weighted by Gasteiger charge is 2.23. The summed E-state index contributed by atoms with van der Waals surface area (Å²) < 4.78 is 0. The third-order valence-corrected chi connectivity index (χ3v) is 4.41. The van der Waals surface area contributed by atoms with Crippen molar-refractivity contribution >= 4 is 11.6 Å². The van der Waals surface area contributed by atoms with Crippen LogP contribution >= 0.6 is 11.6 Å². The molecule has 1 unspecified atom stereocenters. The van der Waals surface area contributed by atoms with Gasteiger partial charge in [0, 0.05) is 11.1 Å². The van der Waals surface area contributed by atoms with Crippen LogP contribution in [0.15, 0.2) is 24.3 Å². The molecule has 2 rings (SSSR count). The van der Waals surface area contributed by atoms with Crippen molar-refractivity contribution in [1.29, 1.82) is 0 Å². The van der Waals surface area contributed by atoms with Crippen molar-refractivity contribution in [2.45, 2.75) is 58.9 Å². The van der Waals surface area contributed by atoms with Crippen molar-refractivity contribution in [3.8, 4) is 0 Å². The summed E-state index contributed by atoms with van der Waals surface area (Å²) in [6.45, 7) is 8.11. The average Bonchev–Trinajstić information content (AvgIpc) is 3.18. The van der Waals surface area contributed by atoms with E-state index in [2.05, 4.69) is 38.2 Å². The van der Waals surface area contributed by atoms with Crippen molar-refractivity contribution in [1.82, 2.24) is 5.32 Å². The van der Waals surface area contributed by atoms with Crippen LogP contribution in [-0.2, 0) is 6.42 Å². The number of hydrogen-bond acceptors (Lipinski definition) is 1. The van der Waals surface area contributed by atoms with Gasteiger partial charge in [0.15, 0.2) is 0 Å². The van der Waals surface area contributed by atoms with Crippen LogP contribution in [0.2, 0.25) is 5.02 Å². The summed E-state index contributed by atoms with van der Waals surface area (Å²) >= 11 is 6.31. The van der Waals surface area contributed by atoms with Gasteiger partial charge in [-0.25, -0.2) is 0 Å². The Morgan fingerprint density at radius 2 is 1.95 bits per heavy atom. The molecule has 1 aromatic rings. The van der Waals surface area contributed by atoms with Crippen molar-refractivity contribution in [2.75, 3.05) is 6.54 Å². The summed E-state index contributed by atoms with van der Waals surface area (Å²) in [6, 6.07) is 9.07. The van der Waals surface area contributed by atoms with Gasteiger partial charge in [-0.05, 0) is 61.6 Å². The summed E-state index contributed by atoms with van der Waals surface area (Å²) in [5.41, 5.74) is 1.71. The molecule has 2 heteroatoms. The third-order valence-electron chi connectivity index (χ3n) is 4.04. The normalized spacial score (nSPS) is 17.2. The maximum Gasteiger partial charge on any atom is 0.0438 e. The molecule has 0 saturated heterocycles. The van der Waals surface area contributed by atoms with Gasteiger partial charge in [-0.2, -0.15) is 0 Å². The van der Waals surface area contributed by atoms with Crippen molar-refractivity contribution < 1.29 is 0 Å². The van der Waals surface area contributed by atoms with Crippen molar-refractivity contribution in [3.05, 3.63) is 34.9 Å². The molecule has 0 spiro atoms. The molecule has 1 fully saturated rings. The van der Waals surface area contributed by atoms with E-state index in [1.165, 1.54) is 31.2 Å². The fourth-order valence-corrected chi connectivity index (χ4v) is 2.72. The minimum Gasteiger partial charge on any atom is -0.314 e. The topological polar surface area (TPSA) is 12.0 Å². The lowest BCUT2D eigenvalue weighted by Gasteiger charge is -2.24. The molecule has 0 amide bonds. The zero-order valence-corrected chi connectivity index (χ0v) is 13.8. The van der Waals surface area contributed by atoms with E-state index in [0.717, 1.165) is 24.0 Å². The monoisotopic (exact) mass is 293 g/mol. The molecule has 20 heavy (non-hydrogen) atoms. The molecule has 0 radical (unpaired) electrons. The van der Waals surface area contributed by atoms with Gasteiger partial charge < -0.3 is 5.32 Å². The second-order valence-corrected chi connectivity index (χ2v) is 7.85. The number of halogens is 1. The molecule has 0 aliphatic heterocycles. The zero-order chi connectivity index (χ0) is 14.6. The van der Waals surface area contributed by atoms with Gasteiger partial charge >= 0.3 is 0 Å². The van der Waals surface area contributed by atoms with Crippen LogP contribution in [0.5, 0.6) is 0 Å². The maximum absolute atomic E-state index is 6.31. The Labute approximate surface area is 129 Å². The molecule has 112 valence electrons. The number of hydrogen-bond donors (Lipinski definition) is 1. The Bertz CT molecular complexity index is 418. The Kier molecular flexibility index (Phi) is 5.51. The van der Waals surface area contributed by atoms with E-state index in [4.69, 9.17) is 11.6 Å². The quantitative estimate of drug-likeness (QED) is 0.739. The molecule has 0 heterocycles. The molecular formula is C18H28ClN. The summed E-state index contributed by atoms with van der Waals surface area (Å²) in [6.07, 6.45) is 6.36. The molecule has 1 aliphatic rings. The molecule has 1 aliphatic carbocycles. The van der Waals surface area contributed by atoms with E-state index in [-0.39, 0.29) is 0 Å². The third kappa shape index (κ3) is 5.85. The van der Waals surface area contributed by atoms with E-state index in [1.807, 2.05) is 12.1 Å². The molecule has 1 aromatic carbocycles. The van der Waals surface area contributed by atoms with Gasteiger partial charge in [-0.3, -0.25) is 0 Å². The predicted octanol–water partition coefficient (Wildman–Crippen LogP) is 5.08. The zero-order valence-electron chi connectivity index (χ0n) is 13.1. The van der Waals surface area contributed by atoms with Gasteiger partial charge in [-0.15, -0.1) is 0 Å². The first-order valence-corrected chi connectivity index (χ1v) is 8.28. The average molecular weight is 294 g/mol. The van der Waals surface area contributed by atoms with Crippen LogP contribution in [0.25, 0.3) is 0 Å². The first kappa shape index (κ1) is 15.9. The van der Waals surface area contributed by atoms with Crippen LogP contribution in [0.4, 0.5) is 0 Å². The fraction of sp³-hybridized carbons (Fsp3) is 0.667. The Morgan fingerprint density at radius 3 is 2.55 bits per heavy atom. The molecule has 1 nitrogen and oxygen atoms in total. The second kappa shape index (κ2) is 6.95. The van der Waals surface area contributed by atoms with Crippen LogP contribution in [0.1, 0.15) is 52.0 Å². The van der Waals surface area contributed by atoms with Crippen LogP contribution < -0.4 is 5.32 Å². The Hall–Kier alpha value is -0.530. The van der Waals surface area contributed by atoms with E-state index in [9.17, 15) is 0 Å². The van der Waals surface area contributed by atoms with Gasteiger partial charge in [0.2, 0.25) is 0 Å². The van der Waals surface area contributed by atoms with Crippen LogP contribution in [0.3, 0.4) is 0 Å².